The van der Waals surface area contributed by atoms with Crippen molar-refractivity contribution < 1.29 is 23.9 Å². The molecule has 3 rings (SSSR count). The third-order valence-corrected chi connectivity index (χ3v) is 5.77. The van der Waals surface area contributed by atoms with Crippen LogP contribution in [0.5, 0.6) is 5.75 Å². The van der Waals surface area contributed by atoms with Crippen LogP contribution in [0.15, 0.2) is 54.6 Å². The zero-order valence-electron chi connectivity index (χ0n) is 19.3. The Balaban J connectivity index is 1.82. The highest BCUT2D eigenvalue weighted by Crippen LogP contribution is 2.32. The fourth-order valence-electron chi connectivity index (χ4n) is 3.82. The number of hydrogen-bond acceptors (Lipinski definition) is 5. The molecule has 1 heterocycles. The second-order valence-electron chi connectivity index (χ2n) is 8.55. The minimum atomic E-state index is -0.922. The van der Waals surface area contributed by atoms with Crippen molar-refractivity contribution in [3.63, 3.8) is 0 Å². The summed E-state index contributed by atoms with van der Waals surface area (Å²) in [5, 5.41) is 2.65. The van der Waals surface area contributed by atoms with Crippen LogP contribution in [0.3, 0.4) is 0 Å². The van der Waals surface area contributed by atoms with E-state index in [1.807, 2.05) is 39.0 Å². The van der Waals surface area contributed by atoms with Crippen molar-refractivity contribution in [3.05, 3.63) is 54.6 Å². The molecule has 1 N–H and O–H groups in total. The van der Waals surface area contributed by atoms with Gasteiger partial charge in [-0.25, -0.2) is 4.90 Å². The zero-order chi connectivity index (χ0) is 24.2. The molecule has 0 aromatic heterocycles. The summed E-state index contributed by atoms with van der Waals surface area (Å²) in [5.74, 6) is -0.868. The average Bonchev–Trinajstić information content (AvgIpc) is 3.06. The van der Waals surface area contributed by atoms with Crippen LogP contribution in [0.2, 0.25) is 0 Å². The molecule has 0 saturated carbocycles. The largest absolute Gasteiger partial charge is 0.484 e. The van der Waals surface area contributed by atoms with Crippen LogP contribution in [-0.4, -0.2) is 46.7 Å². The molecule has 0 spiro atoms. The number of rotatable bonds is 8. The lowest BCUT2D eigenvalue weighted by Gasteiger charge is -2.41. The molecule has 2 aromatic carbocycles. The van der Waals surface area contributed by atoms with Gasteiger partial charge in [-0.15, -0.1) is 0 Å². The molecule has 1 saturated heterocycles. The first-order valence-electron chi connectivity index (χ1n) is 10.9. The Morgan fingerprint density at radius 3 is 2.30 bits per heavy atom. The highest BCUT2D eigenvalue weighted by atomic mass is 16.5. The maximum atomic E-state index is 13.4. The lowest BCUT2D eigenvalue weighted by atomic mass is 9.96. The first-order chi connectivity index (χ1) is 15.6. The molecule has 0 radical (unpaired) electrons. The molecule has 1 fully saturated rings. The second kappa shape index (κ2) is 9.85. The molecule has 33 heavy (non-hydrogen) atoms. The topological polar surface area (TPSA) is 96.0 Å². The Morgan fingerprint density at radius 2 is 1.73 bits per heavy atom. The maximum absolute atomic E-state index is 13.4. The Kier molecular flexibility index (Phi) is 7.16. The minimum absolute atomic E-state index is 0.104. The highest BCUT2D eigenvalue weighted by molar-refractivity contribution is 6.23. The van der Waals surface area contributed by atoms with Crippen LogP contribution in [-0.2, 0) is 19.2 Å². The van der Waals surface area contributed by atoms with Crippen molar-refractivity contribution in [3.8, 4) is 5.75 Å². The number of hydrogen-bond donors (Lipinski definition) is 1. The van der Waals surface area contributed by atoms with Crippen molar-refractivity contribution in [2.45, 2.75) is 52.1 Å². The van der Waals surface area contributed by atoms with Crippen LogP contribution >= 0.6 is 0 Å². The summed E-state index contributed by atoms with van der Waals surface area (Å²) in [6.07, 6.45) is 0.486. The number of anilines is 2. The van der Waals surface area contributed by atoms with E-state index in [9.17, 15) is 19.2 Å². The standard InChI is InChI=1S/C25H29N3O5/c1-5-25(3,4)28(23(31)16-33-20-9-7-6-8-10-20)21-15-22(30)27(24(21)32)19-13-11-18(12-14-19)26-17(2)29/h6-14,21H,5,15-16H2,1-4H3,(H,26,29). The number of benzene rings is 2. The third-order valence-electron chi connectivity index (χ3n) is 5.77. The van der Waals surface area contributed by atoms with E-state index in [1.165, 1.54) is 11.8 Å². The van der Waals surface area contributed by atoms with Gasteiger partial charge in [-0.05, 0) is 56.7 Å². The number of amides is 4. The molecule has 0 bridgehead atoms. The SMILES string of the molecule is CCC(C)(C)N(C(=O)COc1ccccc1)C1CC(=O)N(c2ccc(NC(C)=O)cc2)C1=O. The summed E-state index contributed by atoms with van der Waals surface area (Å²) < 4.78 is 5.63. The molecular formula is C25H29N3O5. The predicted octanol–water partition coefficient (Wildman–Crippen LogP) is 3.37. The van der Waals surface area contributed by atoms with E-state index in [0.717, 1.165) is 4.90 Å². The van der Waals surface area contributed by atoms with Gasteiger partial charge in [0.25, 0.3) is 11.8 Å². The van der Waals surface area contributed by atoms with Crippen molar-refractivity contribution >= 4 is 35.0 Å². The molecule has 1 aliphatic rings. The second-order valence-corrected chi connectivity index (χ2v) is 8.55. The molecule has 0 aliphatic carbocycles. The lowest BCUT2D eigenvalue weighted by molar-refractivity contribution is -0.146. The maximum Gasteiger partial charge on any atom is 0.261 e. The van der Waals surface area contributed by atoms with Gasteiger partial charge in [0, 0.05) is 18.2 Å². The van der Waals surface area contributed by atoms with Gasteiger partial charge in [-0.1, -0.05) is 25.1 Å². The van der Waals surface area contributed by atoms with Crippen molar-refractivity contribution in [2.24, 2.45) is 0 Å². The summed E-state index contributed by atoms with van der Waals surface area (Å²) >= 11 is 0. The fourth-order valence-corrected chi connectivity index (χ4v) is 3.82. The number of para-hydroxylation sites is 1. The van der Waals surface area contributed by atoms with Gasteiger partial charge in [-0.2, -0.15) is 0 Å². The summed E-state index contributed by atoms with van der Waals surface area (Å²) in [7, 11) is 0. The van der Waals surface area contributed by atoms with Crippen LogP contribution in [0.25, 0.3) is 0 Å². The zero-order valence-corrected chi connectivity index (χ0v) is 19.3. The summed E-state index contributed by atoms with van der Waals surface area (Å²) in [5.41, 5.74) is 0.288. The van der Waals surface area contributed by atoms with Gasteiger partial charge in [0.05, 0.1) is 12.1 Å². The van der Waals surface area contributed by atoms with Gasteiger partial charge < -0.3 is 15.0 Å². The van der Waals surface area contributed by atoms with Crippen molar-refractivity contribution in [1.29, 1.82) is 0 Å². The van der Waals surface area contributed by atoms with E-state index in [1.54, 1.807) is 36.4 Å². The molecular weight excluding hydrogens is 422 g/mol. The monoisotopic (exact) mass is 451 g/mol. The Morgan fingerprint density at radius 1 is 1.09 bits per heavy atom. The number of carbonyl (C=O) groups excluding carboxylic acids is 4. The molecule has 8 nitrogen and oxygen atoms in total. The summed E-state index contributed by atoms with van der Waals surface area (Å²) in [6.45, 7) is 6.83. The Hall–Kier alpha value is -3.68. The number of carbonyl (C=O) groups is 4. The molecule has 4 amide bonds. The average molecular weight is 452 g/mol. The first-order valence-corrected chi connectivity index (χ1v) is 10.9. The number of nitrogens with zero attached hydrogens (tertiary/aromatic N) is 2. The van der Waals surface area contributed by atoms with Crippen LogP contribution in [0, 0.1) is 0 Å². The van der Waals surface area contributed by atoms with E-state index >= 15 is 0 Å². The molecule has 1 aliphatic heterocycles. The van der Waals surface area contributed by atoms with Gasteiger partial charge in [0.1, 0.15) is 11.8 Å². The van der Waals surface area contributed by atoms with Crippen molar-refractivity contribution in [2.75, 3.05) is 16.8 Å². The molecule has 174 valence electrons. The summed E-state index contributed by atoms with van der Waals surface area (Å²) in [6, 6.07) is 14.5. The van der Waals surface area contributed by atoms with Gasteiger partial charge >= 0.3 is 0 Å². The normalized spacial score (nSPS) is 16.0. The fraction of sp³-hybridized carbons (Fsp3) is 0.360. The van der Waals surface area contributed by atoms with Crippen LogP contribution < -0.4 is 15.0 Å². The first kappa shape index (κ1) is 24.0. The van der Waals surface area contributed by atoms with Crippen molar-refractivity contribution in [1.82, 2.24) is 4.90 Å². The quantitative estimate of drug-likeness (QED) is 0.621. The molecule has 2 aromatic rings. The van der Waals surface area contributed by atoms with E-state index in [2.05, 4.69) is 5.32 Å². The number of ether oxygens (including phenoxy) is 1. The van der Waals surface area contributed by atoms with Crippen LogP contribution in [0.1, 0.15) is 40.5 Å². The predicted molar refractivity (Wildman–Crippen MR) is 125 cm³/mol. The van der Waals surface area contributed by atoms with Gasteiger partial charge in [0.15, 0.2) is 6.61 Å². The van der Waals surface area contributed by atoms with Gasteiger partial charge in [-0.3, -0.25) is 19.2 Å². The van der Waals surface area contributed by atoms with E-state index in [0.29, 0.717) is 23.5 Å². The highest BCUT2D eigenvalue weighted by Gasteiger charge is 2.48. The summed E-state index contributed by atoms with van der Waals surface area (Å²) in [4.78, 5) is 53.3. The molecule has 1 unspecified atom stereocenters. The lowest BCUT2D eigenvalue weighted by Crippen LogP contribution is -2.56. The Labute approximate surface area is 193 Å². The van der Waals surface area contributed by atoms with E-state index in [-0.39, 0.29) is 30.7 Å². The molecule has 1 atom stereocenters. The van der Waals surface area contributed by atoms with E-state index < -0.39 is 17.5 Å². The number of imide groups is 1. The Bertz CT molecular complexity index is 1030. The number of nitrogens with one attached hydrogen (secondary N) is 1. The third kappa shape index (κ3) is 5.39. The van der Waals surface area contributed by atoms with E-state index in [4.69, 9.17) is 4.74 Å². The van der Waals surface area contributed by atoms with Gasteiger partial charge in [0.2, 0.25) is 11.8 Å². The minimum Gasteiger partial charge on any atom is -0.484 e. The smallest absolute Gasteiger partial charge is 0.261 e. The molecule has 8 heteroatoms. The van der Waals surface area contributed by atoms with Crippen LogP contribution in [0.4, 0.5) is 11.4 Å².